The van der Waals surface area contributed by atoms with E-state index in [9.17, 15) is 27.2 Å². The first-order valence-corrected chi connectivity index (χ1v) is 13.0. The molecule has 2 aliphatic rings. The number of hydrogen-bond donors (Lipinski definition) is 0. The molecular formula is C26H27Cl2F4N3O2. The summed E-state index contributed by atoms with van der Waals surface area (Å²) in [6.07, 6.45) is -0.0726. The number of amides is 1. The number of halogens is 6. The number of aromatic nitrogens is 1. The zero-order valence-electron chi connectivity index (χ0n) is 20.0. The van der Waals surface area contributed by atoms with Gasteiger partial charge in [-0.2, -0.15) is 13.2 Å². The van der Waals surface area contributed by atoms with Gasteiger partial charge in [-0.05, 0) is 79.8 Å². The summed E-state index contributed by atoms with van der Waals surface area (Å²) in [6, 6.07) is 6.08. The Morgan fingerprint density at radius 3 is 2.19 bits per heavy atom. The van der Waals surface area contributed by atoms with Gasteiger partial charge in [-0.1, -0.05) is 23.2 Å². The normalized spacial score (nSPS) is 18.6. The van der Waals surface area contributed by atoms with E-state index in [-0.39, 0.29) is 23.3 Å². The summed E-state index contributed by atoms with van der Waals surface area (Å²) in [7, 11) is 0. The van der Waals surface area contributed by atoms with Gasteiger partial charge in [0.1, 0.15) is 16.8 Å². The van der Waals surface area contributed by atoms with Crippen molar-refractivity contribution in [2.45, 2.75) is 44.2 Å². The molecule has 0 spiro atoms. The molecule has 0 radical (unpaired) electrons. The van der Waals surface area contributed by atoms with Gasteiger partial charge >= 0.3 is 6.18 Å². The molecule has 2 fully saturated rings. The highest BCUT2D eigenvalue weighted by Crippen LogP contribution is 2.39. The first kappa shape index (κ1) is 27.6. The fourth-order valence-corrected chi connectivity index (χ4v) is 5.78. The second-order valence-corrected chi connectivity index (χ2v) is 10.6. The van der Waals surface area contributed by atoms with Crippen molar-refractivity contribution in [3.8, 4) is 0 Å². The van der Waals surface area contributed by atoms with Crippen LogP contribution in [0.25, 0.3) is 0 Å². The molecule has 0 aliphatic carbocycles. The zero-order chi connectivity index (χ0) is 26.7. The lowest BCUT2D eigenvalue weighted by Crippen LogP contribution is -2.45. The molecule has 2 aromatic rings. The van der Waals surface area contributed by atoms with Crippen LogP contribution in [-0.4, -0.2) is 54.4 Å². The second kappa shape index (κ2) is 11.6. The van der Waals surface area contributed by atoms with Gasteiger partial charge in [-0.25, -0.2) is 9.37 Å². The summed E-state index contributed by atoms with van der Waals surface area (Å²) in [6.45, 7) is 2.08. The van der Waals surface area contributed by atoms with Crippen molar-refractivity contribution < 1.29 is 27.2 Å². The van der Waals surface area contributed by atoms with E-state index in [0.717, 1.165) is 56.4 Å². The first-order valence-electron chi connectivity index (χ1n) is 12.2. The SMILES string of the molecule is O=Cc1ccc(N2CCC(CC3CCN(C(=O)[C@@H](c4cc(F)cc(Cl)c4)C(F)(F)F)CC3)CC2)nc1Cl. The van der Waals surface area contributed by atoms with E-state index in [4.69, 9.17) is 23.2 Å². The summed E-state index contributed by atoms with van der Waals surface area (Å²) >= 11 is 11.8. The summed E-state index contributed by atoms with van der Waals surface area (Å²) in [5, 5.41) is 0.00264. The molecule has 0 saturated carbocycles. The Bertz CT molecular complexity index is 1110. The van der Waals surface area contributed by atoms with Crippen LogP contribution in [0.15, 0.2) is 30.3 Å². The van der Waals surface area contributed by atoms with Crippen molar-refractivity contribution in [1.82, 2.24) is 9.88 Å². The number of benzene rings is 1. The predicted octanol–water partition coefficient (Wildman–Crippen LogP) is 6.53. The third-order valence-electron chi connectivity index (χ3n) is 7.31. The first-order chi connectivity index (χ1) is 17.5. The van der Waals surface area contributed by atoms with Crippen LogP contribution in [0.2, 0.25) is 10.2 Å². The van der Waals surface area contributed by atoms with Gasteiger partial charge in [0.2, 0.25) is 5.91 Å². The van der Waals surface area contributed by atoms with Crippen molar-refractivity contribution in [2.24, 2.45) is 11.8 Å². The summed E-state index contributed by atoms with van der Waals surface area (Å²) in [5.41, 5.74) is -0.126. The van der Waals surface area contributed by atoms with Crippen LogP contribution in [0.4, 0.5) is 23.4 Å². The van der Waals surface area contributed by atoms with Crippen LogP contribution in [0.1, 0.15) is 53.9 Å². The Balaban J connectivity index is 1.30. The molecule has 0 bridgehead atoms. The highest BCUT2D eigenvalue weighted by Gasteiger charge is 2.48. The number of pyridine rings is 1. The lowest BCUT2D eigenvalue weighted by atomic mass is 9.82. The predicted molar refractivity (Wildman–Crippen MR) is 134 cm³/mol. The standard InChI is InChI=1S/C26H27Cl2F4N3O2/c27-20-12-19(13-21(29)14-20)23(26(30,31)32)25(37)35-9-5-17(6-10-35)11-16-3-7-34(8-4-16)22-2-1-18(15-36)24(28)33-22/h1-2,12-17,23H,3-11H2/t23-/m1/s1. The number of rotatable bonds is 6. The van der Waals surface area contributed by atoms with Gasteiger partial charge in [-0.3, -0.25) is 9.59 Å². The third kappa shape index (κ3) is 6.74. The van der Waals surface area contributed by atoms with E-state index >= 15 is 0 Å². The number of aldehydes is 1. The molecule has 11 heteroatoms. The Morgan fingerprint density at radius 1 is 1.03 bits per heavy atom. The summed E-state index contributed by atoms with van der Waals surface area (Å²) < 4.78 is 55.2. The molecule has 200 valence electrons. The fourth-order valence-electron chi connectivity index (χ4n) is 5.35. The number of carbonyl (C=O) groups is 2. The van der Waals surface area contributed by atoms with Crippen molar-refractivity contribution in [1.29, 1.82) is 0 Å². The van der Waals surface area contributed by atoms with E-state index in [1.807, 2.05) is 0 Å². The Morgan fingerprint density at radius 2 is 1.65 bits per heavy atom. The topological polar surface area (TPSA) is 53.5 Å². The number of nitrogens with zero attached hydrogens (tertiary/aromatic N) is 3. The minimum Gasteiger partial charge on any atom is -0.357 e. The maximum Gasteiger partial charge on any atom is 0.404 e. The molecule has 2 aliphatic heterocycles. The van der Waals surface area contributed by atoms with Crippen LogP contribution in [0.5, 0.6) is 0 Å². The summed E-state index contributed by atoms with van der Waals surface area (Å²) in [4.78, 5) is 31.5. The Hall–Kier alpha value is -2.39. The average Bonchev–Trinajstić information content (AvgIpc) is 2.83. The van der Waals surface area contributed by atoms with E-state index in [0.29, 0.717) is 36.5 Å². The van der Waals surface area contributed by atoms with Gasteiger partial charge in [0.05, 0.1) is 5.56 Å². The van der Waals surface area contributed by atoms with Crippen molar-refractivity contribution in [3.05, 3.63) is 57.5 Å². The second-order valence-electron chi connectivity index (χ2n) is 9.78. The zero-order valence-corrected chi connectivity index (χ0v) is 21.5. The van der Waals surface area contributed by atoms with Crippen molar-refractivity contribution >= 4 is 41.2 Å². The van der Waals surface area contributed by atoms with Gasteiger partial charge in [0.15, 0.2) is 12.2 Å². The van der Waals surface area contributed by atoms with Crippen LogP contribution in [0, 0.1) is 17.7 Å². The molecule has 37 heavy (non-hydrogen) atoms. The quantitative estimate of drug-likeness (QED) is 0.229. The van der Waals surface area contributed by atoms with Gasteiger partial charge < -0.3 is 9.80 Å². The Kier molecular flexibility index (Phi) is 8.63. The molecule has 2 saturated heterocycles. The van der Waals surface area contributed by atoms with Gasteiger partial charge in [0, 0.05) is 31.2 Å². The molecule has 5 nitrogen and oxygen atoms in total. The highest BCUT2D eigenvalue weighted by atomic mass is 35.5. The highest BCUT2D eigenvalue weighted by molar-refractivity contribution is 6.31. The molecule has 0 N–H and O–H groups in total. The average molecular weight is 560 g/mol. The maximum atomic E-state index is 13.8. The number of anilines is 1. The Labute approximate surface area is 222 Å². The van der Waals surface area contributed by atoms with E-state index in [1.54, 1.807) is 12.1 Å². The van der Waals surface area contributed by atoms with Gasteiger partial charge in [-0.15, -0.1) is 0 Å². The summed E-state index contributed by atoms with van der Waals surface area (Å²) in [5.74, 6) is -2.87. The van der Waals surface area contributed by atoms with Crippen molar-refractivity contribution in [2.75, 3.05) is 31.1 Å². The largest absolute Gasteiger partial charge is 0.404 e. The molecule has 1 aromatic carbocycles. The number of hydrogen-bond acceptors (Lipinski definition) is 4. The molecular weight excluding hydrogens is 533 g/mol. The van der Waals surface area contributed by atoms with E-state index in [2.05, 4.69) is 9.88 Å². The van der Waals surface area contributed by atoms with Crippen LogP contribution >= 0.6 is 23.2 Å². The van der Waals surface area contributed by atoms with Crippen LogP contribution < -0.4 is 4.90 Å². The number of alkyl halides is 3. The maximum absolute atomic E-state index is 13.8. The third-order valence-corrected chi connectivity index (χ3v) is 7.83. The number of piperidine rings is 2. The molecule has 1 aromatic heterocycles. The lowest BCUT2D eigenvalue weighted by Gasteiger charge is -2.38. The van der Waals surface area contributed by atoms with Crippen LogP contribution in [-0.2, 0) is 4.79 Å². The molecule has 3 heterocycles. The number of likely N-dealkylation sites (tertiary alicyclic amines) is 1. The molecule has 1 amide bonds. The fraction of sp³-hybridized carbons (Fsp3) is 0.500. The number of carbonyl (C=O) groups excluding carboxylic acids is 2. The van der Waals surface area contributed by atoms with Crippen molar-refractivity contribution in [3.63, 3.8) is 0 Å². The smallest absolute Gasteiger partial charge is 0.357 e. The van der Waals surface area contributed by atoms with Crippen LogP contribution in [0.3, 0.4) is 0 Å². The lowest BCUT2D eigenvalue weighted by molar-refractivity contribution is -0.173. The molecule has 4 rings (SSSR count). The molecule has 1 atom stereocenters. The minimum absolute atomic E-state index is 0.182. The monoisotopic (exact) mass is 559 g/mol. The molecule has 0 unspecified atom stereocenters. The minimum atomic E-state index is -4.86. The van der Waals surface area contributed by atoms with E-state index in [1.165, 1.54) is 4.90 Å². The van der Waals surface area contributed by atoms with Gasteiger partial charge in [0.25, 0.3) is 0 Å². The van der Waals surface area contributed by atoms with E-state index < -0.39 is 29.4 Å².